The second-order valence-corrected chi connectivity index (χ2v) is 12.0. The fraction of sp³-hybridized carbons (Fsp3) is 0.300. The summed E-state index contributed by atoms with van der Waals surface area (Å²) in [4.78, 5) is -0.0795. The molecule has 2 aromatic rings. The summed E-state index contributed by atoms with van der Waals surface area (Å²) >= 11 is 3.50. The molecule has 120 valence electrons. The Hall–Kier alpha value is -1.34. The molecule has 0 saturated heterocycles. The van der Waals surface area contributed by atoms with Gasteiger partial charge in [0.1, 0.15) is 0 Å². The zero-order chi connectivity index (χ0) is 16.9. The zero-order valence-electron chi connectivity index (χ0n) is 13.9. The summed E-state index contributed by atoms with van der Waals surface area (Å²) in [6, 6.07) is 21.2. The summed E-state index contributed by atoms with van der Waals surface area (Å²) in [5.74, 6) is 2.71. The van der Waals surface area contributed by atoms with Crippen molar-refractivity contribution in [3.63, 3.8) is 0 Å². The van der Waals surface area contributed by atoms with Gasteiger partial charge in [0.2, 0.25) is 0 Å². The van der Waals surface area contributed by atoms with Gasteiger partial charge in [-0.05, 0) is 15.4 Å². The largest absolute Gasteiger partial charge is 0.405 e. The molecule has 0 radical (unpaired) electrons. The van der Waals surface area contributed by atoms with Crippen LogP contribution in [0.4, 0.5) is 0 Å². The van der Waals surface area contributed by atoms with E-state index in [1.807, 2.05) is 12.1 Å². The second kappa shape index (κ2) is 7.48. The Morgan fingerprint density at radius 1 is 1.00 bits per heavy atom. The number of alkyl halides is 1. The van der Waals surface area contributed by atoms with Crippen LogP contribution < -0.4 is 10.4 Å². The van der Waals surface area contributed by atoms with Gasteiger partial charge in [-0.15, -0.1) is 6.42 Å². The fourth-order valence-electron chi connectivity index (χ4n) is 3.01. The first-order valence-electron chi connectivity index (χ1n) is 7.77. The van der Waals surface area contributed by atoms with Crippen LogP contribution in [-0.4, -0.2) is 19.8 Å². The molecule has 0 aliphatic heterocycles. The van der Waals surface area contributed by atoms with Crippen LogP contribution in [0, 0.1) is 12.3 Å². The van der Waals surface area contributed by atoms with E-state index in [0.717, 1.165) is 0 Å². The van der Waals surface area contributed by atoms with Gasteiger partial charge in [-0.25, -0.2) is 0 Å². The van der Waals surface area contributed by atoms with Gasteiger partial charge in [0.25, 0.3) is 8.32 Å². The van der Waals surface area contributed by atoms with E-state index in [1.165, 1.54) is 10.4 Å². The molecular weight excluding hydrogens is 364 g/mol. The van der Waals surface area contributed by atoms with Crippen LogP contribution in [0.5, 0.6) is 0 Å². The first kappa shape index (κ1) is 18.0. The molecule has 2 aromatic carbocycles. The van der Waals surface area contributed by atoms with E-state index in [2.05, 4.69) is 91.2 Å². The minimum Gasteiger partial charge on any atom is -0.405 e. The maximum Gasteiger partial charge on any atom is 0.261 e. The molecule has 0 bridgehead atoms. The van der Waals surface area contributed by atoms with Crippen molar-refractivity contribution in [1.82, 2.24) is 0 Å². The molecule has 0 fully saturated rings. The van der Waals surface area contributed by atoms with Gasteiger partial charge < -0.3 is 4.43 Å². The standard InChI is InChI=1S/C20H23BrOSi/c1-5-17(21)16-22-23(20(2,3)4,18-12-8-6-9-13-18)19-14-10-7-11-15-19/h1,6-15,17H,16H2,2-4H3. The molecule has 0 aliphatic rings. The molecule has 0 amide bonds. The summed E-state index contributed by atoms with van der Waals surface area (Å²) in [5.41, 5.74) is 0. The number of benzene rings is 2. The molecule has 23 heavy (non-hydrogen) atoms. The SMILES string of the molecule is C#CC(Br)CO[Si](c1ccccc1)(c1ccccc1)C(C)(C)C. The minimum atomic E-state index is -2.45. The molecule has 0 aromatic heterocycles. The molecule has 2 rings (SSSR count). The van der Waals surface area contributed by atoms with Gasteiger partial charge in [-0.2, -0.15) is 0 Å². The third-order valence-electron chi connectivity index (χ3n) is 4.04. The third-order valence-corrected chi connectivity index (χ3v) is 9.58. The molecule has 1 unspecified atom stereocenters. The van der Waals surface area contributed by atoms with E-state index < -0.39 is 8.32 Å². The molecule has 1 atom stereocenters. The average Bonchev–Trinajstić information content (AvgIpc) is 2.56. The monoisotopic (exact) mass is 386 g/mol. The Morgan fingerprint density at radius 2 is 1.43 bits per heavy atom. The lowest BCUT2D eigenvalue weighted by atomic mass is 10.2. The highest BCUT2D eigenvalue weighted by Crippen LogP contribution is 2.36. The van der Waals surface area contributed by atoms with E-state index in [0.29, 0.717) is 6.61 Å². The van der Waals surface area contributed by atoms with E-state index in [9.17, 15) is 0 Å². The fourth-order valence-corrected chi connectivity index (χ4v) is 7.96. The van der Waals surface area contributed by atoms with Gasteiger partial charge >= 0.3 is 0 Å². The van der Waals surface area contributed by atoms with Gasteiger partial charge in [0, 0.05) is 0 Å². The first-order chi connectivity index (χ1) is 10.9. The van der Waals surface area contributed by atoms with Crippen molar-refractivity contribution in [2.75, 3.05) is 6.61 Å². The number of hydrogen-bond acceptors (Lipinski definition) is 1. The van der Waals surface area contributed by atoms with Crippen LogP contribution in [0.25, 0.3) is 0 Å². The molecular formula is C20H23BrOSi. The lowest BCUT2D eigenvalue weighted by molar-refractivity contribution is 0.311. The highest BCUT2D eigenvalue weighted by Gasteiger charge is 2.50. The van der Waals surface area contributed by atoms with Crippen molar-refractivity contribution >= 4 is 34.6 Å². The van der Waals surface area contributed by atoms with Crippen LogP contribution in [0.1, 0.15) is 20.8 Å². The molecule has 0 spiro atoms. The van der Waals surface area contributed by atoms with Gasteiger partial charge in [-0.3, -0.25) is 0 Å². The lowest BCUT2D eigenvalue weighted by Gasteiger charge is -2.43. The van der Waals surface area contributed by atoms with Crippen molar-refractivity contribution in [2.24, 2.45) is 0 Å². The van der Waals surface area contributed by atoms with Crippen LogP contribution >= 0.6 is 15.9 Å². The zero-order valence-corrected chi connectivity index (χ0v) is 16.5. The minimum absolute atomic E-state index is 0.0168. The van der Waals surface area contributed by atoms with Crippen molar-refractivity contribution in [1.29, 1.82) is 0 Å². The summed E-state index contributed by atoms with van der Waals surface area (Å²) in [6.45, 7) is 7.29. The number of terminal acetylenes is 1. The van der Waals surface area contributed by atoms with Gasteiger partial charge in [0.05, 0.1) is 11.4 Å². The first-order valence-corrected chi connectivity index (χ1v) is 10.6. The van der Waals surface area contributed by atoms with Gasteiger partial charge in [0.15, 0.2) is 0 Å². The molecule has 0 heterocycles. The number of halogens is 1. The normalized spacial score (nSPS) is 13.3. The smallest absolute Gasteiger partial charge is 0.261 e. The Balaban J connectivity index is 2.62. The van der Waals surface area contributed by atoms with Crippen molar-refractivity contribution < 1.29 is 4.43 Å². The number of hydrogen-bond donors (Lipinski definition) is 0. The van der Waals surface area contributed by atoms with Crippen LogP contribution in [0.3, 0.4) is 0 Å². The van der Waals surface area contributed by atoms with Crippen LogP contribution in [-0.2, 0) is 4.43 Å². The number of rotatable bonds is 5. The van der Waals surface area contributed by atoms with E-state index in [-0.39, 0.29) is 9.87 Å². The van der Waals surface area contributed by atoms with E-state index >= 15 is 0 Å². The maximum absolute atomic E-state index is 6.67. The Kier molecular flexibility index (Phi) is 5.86. The predicted octanol–water partition coefficient (Wildman–Crippen LogP) is 3.96. The summed E-state index contributed by atoms with van der Waals surface area (Å²) in [7, 11) is -2.45. The van der Waals surface area contributed by atoms with Crippen molar-refractivity contribution in [2.45, 2.75) is 30.6 Å². The molecule has 0 N–H and O–H groups in total. The summed E-state index contributed by atoms with van der Waals surface area (Å²) < 4.78 is 6.67. The lowest BCUT2D eigenvalue weighted by Crippen LogP contribution is -2.67. The molecule has 3 heteroatoms. The predicted molar refractivity (Wildman–Crippen MR) is 105 cm³/mol. The Bertz CT molecular complexity index is 616. The third kappa shape index (κ3) is 3.77. The molecule has 1 nitrogen and oxygen atoms in total. The molecule has 0 saturated carbocycles. The highest BCUT2D eigenvalue weighted by atomic mass is 79.9. The van der Waals surface area contributed by atoms with Crippen LogP contribution in [0.2, 0.25) is 5.04 Å². The topological polar surface area (TPSA) is 9.23 Å². The van der Waals surface area contributed by atoms with Crippen molar-refractivity contribution in [3.05, 3.63) is 60.7 Å². The maximum atomic E-state index is 6.67. The summed E-state index contributed by atoms with van der Waals surface area (Å²) in [6.07, 6.45) is 5.53. The van der Waals surface area contributed by atoms with E-state index in [1.54, 1.807) is 0 Å². The summed E-state index contributed by atoms with van der Waals surface area (Å²) in [5, 5.41) is 2.53. The average molecular weight is 387 g/mol. The van der Waals surface area contributed by atoms with Crippen molar-refractivity contribution in [3.8, 4) is 12.3 Å². The van der Waals surface area contributed by atoms with E-state index in [4.69, 9.17) is 10.8 Å². The highest BCUT2D eigenvalue weighted by molar-refractivity contribution is 9.09. The Labute approximate surface area is 149 Å². The Morgan fingerprint density at radius 3 is 1.78 bits per heavy atom. The van der Waals surface area contributed by atoms with Crippen LogP contribution in [0.15, 0.2) is 60.7 Å². The molecule has 0 aliphatic carbocycles. The van der Waals surface area contributed by atoms with Gasteiger partial charge in [-0.1, -0.05) is 103 Å². The quantitative estimate of drug-likeness (QED) is 0.429. The second-order valence-electron chi connectivity index (χ2n) is 6.61.